The number of hydrogen-bond acceptors (Lipinski definition) is 5. The van der Waals surface area contributed by atoms with Crippen LogP contribution < -0.4 is 5.32 Å². The normalized spacial score (nSPS) is 28.3. The highest BCUT2D eigenvalue weighted by molar-refractivity contribution is 5.94. The molecule has 30 heavy (non-hydrogen) atoms. The third-order valence-electron chi connectivity index (χ3n) is 7.55. The fourth-order valence-electron chi connectivity index (χ4n) is 6.30. The predicted octanol–water partition coefficient (Wildman–Crippen LogP) is 4.86. The zero-order chi connectivity index (χ0) is 21.0. The molecule has 2 aliphatic carbocycles. The van der Waals surface area contributed by atoms with Crippen molar-refractivity contribution >= 4 is 17.6 Å². The average Bonchev–Trinajstić information content (AvgIpc) is 3.41. The highest BCUT2D eigenvalue weighted by atomic mass is 16.5. The number of rotatable bonds is 3. The molecule has 0 spiro atoms. The van der Waals surface area contributed by atoms with Crippen molar-refractivity contribution in [3.8, 4) is 0 Å². The van der Waals surface area contributed by atoms with Gasteiger partial charge >= 0.3 is 11.9 Å². The number of aryl methyl sites for hydroxylation is 1. The van der Waals surface area contributed by atoms with Gasteiger partial charge in [0.2, 0.25) is 0 Å². The maximum Gasteiger partial charge on any atom is 0.338 e. The van der Waals surface area contributed by atoms with Gasteiger partial charge in [-0.2, -0.15) is 0 Å². The Morgan fingerprint density at radius 3 is 2.33 bits per heavy atom. The van der Waals surface area contributed by atoms with E-state index in [9.17, 15) is 9.59 Å². The van der Waals surface area contributed by atoms with Crippen LogP contribution in [0.5, 0.6) is 0 Å². The first-order valence-corrected chi connectivity index (χ1v) is 10.7. The van der Waals surface area contributed by atoms with Crippen LogP contribution in [0.1, 0.15) is 68.6 Å². The molecule has 0 amide bonds. The third kappa shape index (κ3) is 2.75. The summed E-state index contributed by atoms with van der Waals surface area (Å²) in [6, 6.07) is 11.9. The minimum Gasteiger partial charge on any atom is -0.465 e. The van der Waals surface area contributed by atoms with Crippen molar-refractivity contribution in [1.82, 2.24) is 0 Å². The maximum atomic E-state index is 12.6. The Bertz CT molecular complexity index is 1010. The zero-order valence-electron chi connectivity index (χ0n) is 17.6. The molecule has 1 heterocycles. The summed E-state index contributed by atoms with van der Waals surface area (Å²) < 4.78 is 9.96. The summed E-state index contributed by atoms with van der Waals surface area (Å²) in [5.74, 6) is 1.49. The number of ether oxygens (including phenoxy) is 2. The first-order chi connectivity index (χ1) is 14.5. The van der Waals surface area contributed by atoms with Gasteiger partial charge < -0.3 is 14.8 Å². The van der Waals surface area contributed by atoms with Crippen LogP contribution >= 0.6 is 0 Å². The van der Waals surface area contributed by atoms with Crippen LogP contribution in [0.15, 0.2) is 36.4 Å². The second-order valence-corrected chi connectivity index (χ2v) is 8.88. The van der Waals surface area contributed by atoms with Gasteiger partial charge in [0.25, 0.3) is 0 Å². The number of esters is 2. The van der Waals surface area contributed by atoms with Crippen LogP contribution in [0.25, 0.3) is 0 Å². The molecule has 156 valence electrons. The van der Waals surface area contributed by atoms with Crippen LogP contribution in [0.2, 0.25) is 0 Å². The molecular formula is C25H27NO4. The summed E-state index contributed by atoms with van der Waals surface area (Å²) in [5.41, 5.74) is 5.82. The molecule has 2 saturated carbocycles. The molecule has 0 saturated heterocycles. The van der Waals surface area contributed by atoms with Gasteiger partial charge in [0.1, 0.15) is 0 Å². The lowest BCUT2D eigenvalue weighted by Crippen LogP contribution is -2.37. The summed E-state index contributed by atoms with van der Waals surface area (Å²) in [7, 11) is 2.85. The fraction of sp³-hybridized carbons (Fsp3) is 0.440. The fourth-order valence-corrected chi connectivity index (χ4v) is 6.30. The Labute approximate surface area is 176 Å². The largest absolute Gasteiger partial charge is 0.465 e. The standard InChI is InChI=1S/C25H27NO4/c1-13-4-11-18(25(28)30-3)21-19-16-9-10-17(12-16)20(19)23(26-22(13)21)14-5-7-15(8-6-14)24(27)29-2/h4-8,11,16-17,19-20,23,26H,9-10,12H2,1-3H3/t16-,17-,19+,20-,23-/m0/s1. The number of carbonyl (C=O) groups excluding carboxylic acids is 2. The molecule has 2 bridgehead atoms. The maximum absolute atomic E-state index is 12.6. The van der Waals surface area contributed by atoms with Crippen LogP contribution in [0, 0.1) is 24.7 Å². The Morgan fingerprint density at radius 2 is 1.63 bits per heavy atom. The van der Waals surface area contributed by atoms with Gasteiger partial charge in [-0.05, 0) is 84.7 Å². The zero-order valence-corrected chi connectivity index (χ0v) is 17.6. The Morgan fingerprint density at radius 1 is 0.933 bits per heavy atom. The summed E-state index contributed by atoms with van der Waals surface area (Å²) in [6.07, 6.45) is 3.70. The number of fused-ring (bicyclic) bond motifs is 7. The van der Waals surface area contributed by atoms with E-state index in [1.54, 1.807) is 0 Å². The molecule has 0 unspecified atom stereocenters. The number of hydrogen-bond donors (Lipinski definition) is 1. The van der Waals surface area contributed by atoms with Gasteiger partial charge in [-0.15, -0.1) is 0 Å². The second kappa shape index (κ2) is 7.15. The van der Waals surface area contributed by atoms with E-state index in [1.165, 1.54) is 39.0 Å². The molecule has 5 atom stereocenters. The van der Waals surface area contributed by atoms with Gasteiger partial charge in [-0.3, -0.25) is 0 Å². The number of nitrogens with one attached hydrogen (secondary N) is 1. The lowest BCUT2D eigenvalue weighted by Gasteiger charge is -2.44. The monoisotopic (exact) mass is 405 g/mol. The van der Waals surface area contributed by atoms with Gasteiger partial charge in [0.05, 0.1) is 31.4 Å². The Balaban J connectivity index is 1.62. The van der Waals surface area contributed by atoms with Gasteiger partial charge in [0.15, 0.2) is 0 Å². The average molecular weight is 405 g/mol. The molecule has 3 aliphatic rings. The number of benzene rings is 2. The van der Waals surface area contributed by atoms with Crippen LogP contribution in [0.3, 0.4) is 0 Å². The highest BCUT2D eigenvalue weighted by Crippen LogP contribution is 2.64. The first kappa shape index (κ1) is 19.2. The second-order valence-electron chi connectivity index (χ2n) is 8.88. The minimum absolute atomic E-state index is 0.163. The van der Waals surface area contributed by atoms with Crippen molar-refractivity contribution in [2.45, 2.75) is 38.1 Å². The molecule has 5 heteroatoms. The summed E-state index contributed by atoms with van der Waals surface area (Å²) >= 11 is 0. The van der Waals surface area contributed by atoms with E-state index in [0.29, 0.717) is 34.8 Å². The molecule has 1 aliphatic heterocycles. The van der Waals surface area contributed by atoms with E-state index in [-0.39, 0.29) is 18.0 Å². The van der Waals surface area contributed by atoms with Crippen molar-refractivity contribution in [3.63, 3.8) is 0 Å². The number of carbonyl (C=O) groups is 2. The molecule has 0 aromatic heterocycles. The van der Waals surface area contributed by atoms with Crippen LogP contribution in [-0.2, 0) is 9.47 Å². The van der Waals surface area contributed by atoms with E-state index in [2.05, 4.69) is 12.2 Å². The van der Waals surface area contributed by atoms with E-state index in [1.807, 2.05) is 36.4 Å². The summed E-state index contributed by atoms with van der Waals surface area (Å²) in [6.45, 7) is 2.10. The molecule has 5 nitrogen and oxygen atoms in total. The molecule has 5 rings (SSSR count). The van der Waals surface area contributed by atoms with Gasteiger partial charge in [-0.25, -0.2) is 9.59 Å². The van der Waals surface area contributed by atoms with Crippen LogP contribution in [0.4, 0.5) is 5.69 Å². The molecule has 1 N–H and O–H groups in total. The van der Waals surface area contributed by atoms with Gasteiger partial charge in [-0.1, -0.05) is 18.2 Å². The quantitative estimate of drug-likeness (QED) is 0.739. The first-order valence-electron chi connectivity index (χ1n) is 10.7. The highest BCUT2D eigenvalue weighted by Gasteiger charge is 2.55. The molecule has 2 aromatic carbocycles. The molecule has 0 radical (unpaired) electrons. The number of methoxy groups -OCH3 is 2. The summed E-state index contributed by atoms with van der Waals surface area (Å²) in [5, 5.41) is 3.80. The van der Waals surface area contributed by atoms with Crippen molar-refractivity contribution < 1.29 is 19.1 Å². The van der Waals surface area contributed by atoms with E-state index >= 15 is 0 Å². The smallest absolute Gasteiger partial charge is 0.338 e. The molecule has 2 aromatic rings. The van der Waals surface area contributed by atoms with E-state index < -0.39 is 0 Å². The summed E-state index contributed by atoms with van der Waals surface area (Å²) in [4.78, 5) is 24.4. The Hall–Kier alpha value is -2.82. The number of anilines is 1. The molecule has 2 fully saturated rings. The van der Waals surface area contributed by atoms with Crippen molar-refractivity contribution in [2.24, 2.45) is 17.8 Å². The topological polar surface area (TPSA) is 64.6 Å². The van der Waals surface area contributed by atoms with E-state index in [0.717, 1.165) is 16.8 Å². The third-order valence-corrected chi connectivity index (χ3v) is 7.55. The van der Waals surface area contributed by atoms with Crippen molar-refractivity contribution in [2.75, 3.05) is 19.5 Å². The van der Waals surface area contributed by atoms with Crippen LogP contribution in [-0.4, -0.2) is 26.2 Å². The SMILES string of the molecule is COC(=O)c1ccc([C@@H]2Nc3c(C)ccc(C(=O)OC)c3[C@@H]3[C@H]4CC[C@@H](C4)[C@@H]32)cc1. The Kier molecular flexibility index (Phi) is 4.57. The minimum atomic E-state index is -0.320. The molecular weight excluding hydrogens is 378 g/mol. The van der Waals surface area contributed by atoms with E-state index in [4.69, 9.17) is 9.47 Å². The van der Waals surface area contributed by atoms with Crippen molar-refractivity contribution in [1.29, 1.82) is 0 Å². The van der Waals surface area contributed by atoms with Crippen molar-refractivity contribution in [3.05, 3.63) is 64.2 Å². The lowest BCUT2D eigenvalue weighted by atomic mass is 9.66. The lowest BCUT2D eigenvalue weighted by molar-refractivity contribution is 0.0590. The van der Waals surface area contributed by atoms with Gasteiger partial charge in [0, 0.05) is 5.69 Å². The predicted molar refractivity (Wildman–Crippen MR) is 114 cm³/mol.